The van der Waals surface area contributed by atoms with Crippen molar-refractivity contribution in [3.8, 4) is 11.4 Å². The maximum atomic E-state index is 12.6. The Hall–Kier alpha value is -2.07. The number of benzene rings is 2. The molecule has 0 atom stereocenters. The summed E-state index contributed by atoms with van der Waals surface area (Å²) in [6.45, 7) is 0. The van der Waals surface area contributed by atoms with Crippen LogP contribution in [0.4, 0.5) is 5.69 Å². The van der Waals surface area contributed by atoms with Crippen LogP contribution in [0.25, 0.3) is 5.69 Å². The monoisotopic (exact) mass is 455 g/mol. The van der Waals surface area contributed by atoms with Crippen LogP contribution in [0.3, 0.4) is 0 Å². The lowest BCUT2D eigenvalue weighted by atomic mass is 10.3. The lowest BCUT2D eigenvalue weighted by Crippen LogP contribution is -2.13. The average molecular weight is 455 g/mol. The lowest BCUT2D eigenvalue weighted by molar-refractivity contribution is 0.411. The fourth-order valence-electron chi connectivity index (χ4n) is 2.14. The molecule has 8 heteroatoms. The molecule has 0 aliphatic heterocycles. The van der Waals surface area contributed by atoms with Crippen LogP contribution in [0.5, 0.6) is 5.75 Å². The standard InChI is InChI=1S/C16H14IN3O3S/c1-23-16-9-5-4-8-15(16)20-11-12(10-18-20)24(21,22)19-14-7-3-2-6-13(14)17/h2-11,19H,1H3. The van der Waals surface area contributed by atoms with E-state index < -0.39 is 10.0 Å². The fourth-order valence-corrected chi connectivity index (χ4v) is 3.86. The Morgan fingerprint density at radius 3 is 2.58 bits per heavy atom. The lowest BCUT2D eigenvalue weighted by Gasteiger charge is -2.08. The summed E-state index contributed by atoms with van der Waals surface area (Å²) in [7, 11) is -2.17. The second-order valence-electron chi connectivity index (χ2n) is 4.88. The quantitative estimate of drug-likeness (QED) is 0.600. The predicted octanol–water partition coefficient (Wildman–Crippen LogP) is 3.29. The highest BCUT2D eigenvalue weighted by Crippen LogP contribution is 2.24. The number of hydrogen-bond acceptors (Lipinski definition) is 4. The molecule has 124 valence electrons. The molecule has 0 radical (unpaired) electrons. The number of methoxy groups -OCH3 is 1. The highest BCUT2D eigenvalue weighted by molar-refractivity contribution is 14.1. The van der Waals surface area contributed by atoms with Crippen LogP contribution in [0.2, 0.25) is 0 Å². The smallest absolute Gasteiger partial charge is 0.265 e. The summed E-state index contributed by atoms with van der Waals surface area (Å²) in [5.74, 6) is 0.607. The zero-order chi connectivity index (χ0) is 17.2. The topological polar surface area (TPSA) is 73.2 Å². The molecule has 0 aliphatic carbocycles. The molecule has 0 fully saturated rings. The molecule has 0 amide bonds. The largest absolute Gasteiger partial charge is 0.494 e. The van der Waals surface area contributed by atoms with Crippen molar-refractivity contribution in [3.05, 3.63) is 64.5 Å². The first-order valence-electron chi connectivity index (χ1n) is 6.96. The molecule has 1 N–H and O–H groups in total. The van der Waals surface area contributed by atoms with E-state index in [9.17, 15) is 8.42 Å². The molecular weight excluding hydrogens is 441 g/mol. The van der Waals surface area contributed by atoms with Crippen LogP contribution in [0, 0.1) is 3.57 Å². The van der Waals surface area contributed by atoms with E-state index in [1.54, 1.807) is 31.4 Å². The molecule has 1 aromatic heterocycles. The Balaban J connectivity index is 1.94. The van der Waals surface area contributed by atoms with Gasteiger partial charge >= 0.3 is 0 Å². The van der Waals surface area contributed by atoms with Crippen molar-refractivity contribution in [2.75, 3.05) is 11.8 Å². The Labute approximate surface area is 153 Å². The number of para-hydroxylation sites is 3. The number of nitrogens with one attached hydrogen (secondary N) is 1. The molecule has 0 saturated carbocycles. The molecule has 6 nitrogen and oxygen atoms in total. The van der Waals surface area contributed by atoms with Gasteiger partial charge in [-0.05, 0) is 46.9 Å². The molecule has 3 aromatic rings. The van der Waals surface area contributed by atoms with Gasteiger partial charge in [-0.15, -0.1) is 0 Å². The van der Waals surface area contributed by atoms with Gasteiger partial charge in [0.15, 0.2) is 0 Å². The SMILES string of the molecule is COc1ccccc1-n1cc(S(=O)(=O)Nc2ccccc2I)cn1. The third-order valence-electron chi connectivity index (χ3n) is 3.32. The summed E-state index contributed by atoms with van der Waals surface area (Å²) in [6, 6.07) is 14.4. The molecule has 0 aliphatic rings. The van der Waals surface area contributed by atoms with Crippen LogP contribution < -0.4 is 9.46 Å². The van der Waals surface area contributed by atoms with Crippen molar-refractivity contribution in [1.82, 2.24) is 9.78 Å². The van der Waals surface area contributed by atoms with Crippen LogP contribution in [0.1, 0.15) is 0 Å². The summed E-state index contributed by atoms with van der Waals surface area (Å²) in [4.78, 5) is 0.0769. The minimum atomic E-state index is -3.72. The molecule has 0 bridgehead atoms. The van der Waals surface area contributed by atoms with E-state index >= 15 is 0 Å². The van der Waals surface area contributed by atoms with Crippen LogP contribution in [0.15, 0.2) is 65.8 Å². The number of anilines is 1. The Kier molecular flexibility index (Phi) is 4.76. The number of rotatable bonds is 5. The van der Waals surface area contributed by atoms with Crippen LogP contribution in [-0.2, 0) is 10.0 Å². The van der Waals surface area contributed by atoms with E-state index in [4.69, 9.17) is 4.74 Å². The van der Waals surface area contributed by atoms with Crippen molar-refractivity contribution in [1.29, 1.82) is 0 Å². The number of aromatic nitrogens is 2. The number of sulfonamides is 1. The second-order valence-corrected chi connectivity index (χ2v) is 7.72. The van der Waals surface area contributed by atoms with Gasteiger partial charge in [0.1, 0.15) is 16.3 Å². The van der Waals surface area contributed by atoms with Gasteiger partial charge in [-0.25, -0.2) is 13.1 Å². The van der Waals surface area contributed by atoms with Gasteiger partial charge in [-0.1, -0.05) is 24.3 Å². The molecule has 0 unspecified atom stereocenters. The molecule has 2 aromatic carbocycles. The molecule has 24 heavy (non-hydrogen) atoms. The summed E-state index contributed by atoms with van der Waals surface area (Å²) in [5, 5.41) is 4.14. The van der Waals surface area contributed by atoms with E-state index in [2.05, 4.69) is 32.4 Å². The Morgan fingerprint density at radius 1 is 1.12 bits per heavy atom. The molecule has 0 spiro atoms. The molecular formula is C16H14IN3O3S. The predicted molar refractivity (Wildman–Crippen MR) is 100 cm³/mol. The first-order chi connectivity index (χ1) is 11.5. The normalized spacial score (nSPS) is 11.2. The van der Waals surface area contributed by atoms with Gasteiger partial charge in [-0.2, -0.15) is 5.10 Å². The van der Waals surface area contributed by atoms with Crippen molar-refractivity contribution < 1.29 is 13.2 Å². The third-order valence-corrected chi connectivity index (χ3v) is 5.58. The van der Waals surface area contributed by atoms with Crippen molar-refractivity contribution in [3.63, 3.8) is 0 Å². The highest BCUT2D eigenvalue weighted by atomic mass is 127. The third kappa shape index (κ3) is 3.39. The first-order valence-corrected chi connectivity index (χ1v) is 9.53. The number of hydrogen-bond donors (Lipinski definition) is 1. The van der Waals surface area contributed by atoms with Crippen LogP contribution >= 0.6 is 22.6 Å². The fraction of sp³-hybridized carbons (Fsp3) is 0.0625. The van der Waals surface area contributed by atoms with Gasteiger partial charge in [0.2, 0.25) is 0 Å². The van der Waals surface area contributed by atoms with Gasteiger partial charge < -0.3 is 4.74 Å². The van der Waals surface area contributed by atoms with E-state index in [1.807, 2.05) is 24.3 Å². The van der Waals surface area contributed by atoms with Gasteiger partial charge in [0, 0.05) is 3.57 Å². The number of nitrogens with zero attached hydrogens (tertiary/aromatic N) is 2. The van der Waals surface area contributed by atoms with Crippen molar-refractivity contribution >= 4 is 38.3 Å². The van der Waals surface area contributed by atoms with E-state index in [-0.39, 0.29) is 4.90 Å². The second kappa shape index (κ2) is 6.81. The summed E-state index contributed by atoms with van der Waals surface area (Å²) >= 11 is 2.08. The Bertz CT molecular complexity index is 970. The zero-order valence-electron chi connectivity index (χ0n) is 12.7. The average Bonchev–Trinajstić information content (AvgIpc) is 3.07. The summed E-state index contributed by atoms with van der Waals surface area (Å²) < 4.78 is 35.3. The maximum absolute atomic E-state index is 12.6. The maximum Gasteiger partial charge on any atom is 0.265 e. The van der Waals surface area contributed by atoms with Gasteiger partial charge in [-0.3, -0.25) is 4.72 Å². The number of halogens is 1. The van der Waals surface area contributed by atoms with E-state index in [0.717, 1.165) is 3.57 Å². The highest BCUT2D eigenvalue weighted by Gasteiger charge is 2.19. The number of ether oxygens (including phenoxy) is 1. The van der Waals surface area contributed by atoms with E-state index in [0.29, 0.717) is 17.1 Å². The molecule has 0 saturated heterocycles. The van der Waals surface area contributed by atoms with E-state index in [1.165, 1.54) is 17.1 Å². The Morgan fingerprint density at radius 2 is 1.83 bits per heavy atom. The first kappa shape index (κ1) is 16.8. The minimum Gasteiger partial charge on any atom is -0.494 e. The molecule has 3 rings (SSSR count). The summed E-state index contributed by atoms with van der Waals surface area (Å²) in [5.41, 5.74) is 1.19. The van der Waals surface area contributed by atoms with Gasteiger partial charge in [0.25, 0.3) is 10.0 Å². The minimum absolute atomic E-state index is 0.0769. The van der Waals surface area contributed by atoms with Crippen molar-refractivity contribution in [2.45, 2.75) is 4.90 Å². The van der Waals surface area contributed by atoms with Crippen LogP contribution in [-0.4, -0.2) is 25.3 Å². The molecule has 1 heterocycles. The van der Waals surface area contributed by atoms with Crippen molar-refractivity contribution in [2.24, 2.45) is 0 Å². The summed E-state index contributed by atoms with van der Waals surface area (Å²) in [6.07, 6.45) is 2.76. The zero-order valence-corrected chi connectivity index (χ0v) is 15.7. The van der Waals surface area contributed by atoms with Gasteiger partial charge in [0.05, 0.1) is 25.2 Å².